The van der Waals surface area contributed by atoms with Crippen molar-refractivity contribution in [3.8, 4) is 5.75 Å². The summed E-state index contributed by atoms with van der Waals surface area (Å²) in [5.41, 5.74) is 0. The van der Waals surface area contributed by atoms with Gasteiger partial charge in [0.2, 0.25) is 38.8 Å². The summed E-state index contributed by atoms with van der Waals surface area (Å²) in [5, 5.41) is 0. The third kappa shape index (κ3) is 4.63. The first kappa shape index (κ1) is 18.8. The second-order valence-electron chi connectivity index (χ2n) is 3.82. The zero-order valence-electron chi connectivity index (χ0n) is 11.9. The van der Waals surface area contributed by atoms with Crippen LogP contribution in [0.15, 0.2) is 0 Å². The average molecular weight is 346 g/mol. The molecule has 0 aromatic heterocycles. The molecule has 126 valence electrons. The standard InChI is InChI=1S/C12H15F5O4Si/c1-3-18-12(19-4-2)21-22-5-20-11-9(16)7(14)6(13)8(15)10(11)17/h12H,3-5,22H2,1-2H3. The molecule has 0 spiro atoms. The fourth-order valence-electron chi connectivity index (χ4n) is 1.42. The number of hydrogen-bond donors (Lipinski definition) is 0. The minimum absolute atomic E-state index is 0.317. The van der Waals surface area contributed by atoms with Crippen LogP contribution in [0.1, 0.15) is 13.8 Å². The van der Waals surface area contributed by atoms with Crippen molar-refractivity contribution in [3.63, 3.8) is 0 Å². The summed E-state index contributed by atoms with van der Waals surface area (Å²) in [7, 11) is -1.53. The van der Waals surface area contributed by atoms with Crippen LogP contribution in [0.3, 0.4) is 0 Å². The van der Waals surface area contributed by atoms with Crippen molar-refractivity contribution in [2.24, 2.45) is 0 Å². The molecule has 0 aliphatic heterocycles. The lowest BCUT2D eigenvalue weighted by Gasteiger charge is -2.17. The molecule has 0 aliphatic rings. The van der Waals surface area contributed by atoms with Crippen LogP contribution in [-0.4, -0.2) is 35.7 Å². The normalized spacial score (nSPS) is 11.8. The van der Waals surface area contributed by atoms with Gasteiger partial charge in [-0.15, -0.1) is 0 Å². The van der Waals surface area contributed by atoms with Gasteiger partial charge in [0.25, 0.3) is 6.48 Å². The maximum atomic E-state index is 13.3. The summed E-state index contributed by atoms with van der Waals surface area (Å²) < 4.78 is 85.2. The van der Waals surface area contributed by atoms with E-state index in [0.29, 0.717) is 13.2 Å². The summed E-state index contributed by atoms with van der Waals surface area (Å²) in [6, 6.07) is 0. The van der Waals surface area contributed by atoms with Crippen LogP contribution >= 0.6 is 0 Å². The topological polar surface area (TPSA) is 36.9 Å². The molecule has 0 saturated heterocycles. The van der Waals surface area contributed by atoms with Gasteiger partial charge in [0, 0.05) is 13.2 Å². The zero-order valence-corrected chi connectivity index (χ0v) is 13.3. The van der Waals surface area contributed by atoms with Crippen LogP contribution in [0.5, 0.6) is 5.75 Å². The van der Waals surface area contributed by atoms with E-state index in [-0.39, 0.29) is 6.23 Å². The molecule has 0 fully saturated rings. The number of hydrogen-bond acceptors (Lipinski definition) is 4. The molecule has 1 rings (SSSR count). The van der Waals surface area contributed by atoms with Gasteiger partial charge in [-0.05, 0) is 13.8 Å². The smallest absolute Gasteiger partial charge is 0.261 e. The van der Waals surface area contributed by atoms with Crippen molar-refractivity contribution >= 4 is 9.76 Å². The molecule has 0 N–H and O–H groups in total. The molecule has 0 bridgehead atoms. The summed E-state index contributed by atoms with van der Waals surface area (Å²) >= 11 is 0. The van der Waals surface area contributed by atoms with Crippen molar-refractivity contribution in [1.29, 1.82) is 0 Å². The van der Waals surface area contributed by atoms with Crippen LogP contribution in [0.2, 0.25) is 0 Å². The molecule has 0 heterocycles. The Labute approximate surface area is 126 Å². The molecule has 0 saturated carbocycles. The van der Waals surface area contributed by atoms with Gasteiger partial charge in [-0.2, -0.15) is 8.78 Å². The van der Waals surface area contributed by atoms with E-state index >= 15 is 0 Å². The molecule has 4 nitrogen and oxygen atoms in total. The van der Waals surface area contributed by atoms with Gasteiger partial charge in [-0.25, -0.2) is 13.2 Å². The van der Waals surface area contributed by atoms with E-state index in [1.165, 1.54) is 0 Å². The maximum Gasteiger partial charge on any atom is 0.261 e. The van der Waals surface area contributed by atoms with E-state index in [4.69, 9.17) is 13.9 Å². The Kier molecular flexibility index (Phi) is 7.72. The second-order valence-corrected chi connectivity index (χ2v) is 4.97. The minimum Gasteiger partial charge on any atom is -0.489 e. The highest BCUT2D eigenvalue weighted by molar-refractivity contribution is 6.26. The van der Waals surface area contributed by atoms with Crippen LogP contribution in [0.4, 0.5) is 22.0 Å². The Balaban J connectivity index is 2.62. The predicted molar refractivity (Wildman–Crippen MR) is 68.4 cm³/mol. The molecule has 0 atom stereocenters. The fourth-order valence-corrected chi connectivity index (χ4v) is 2.18. The van der Waals surface area contributed by atoms with E-state index in [0.717, 1.165) is 0 Å². The fraction of sp³-hybridized carbons (Fsp3) is 0.500. The molecule has 1 aromatic rings. The Morgan fingerprint density at radius 1 is 0.818 bits per heavy atom. The van der Waals surface area contributed by atoms with Crippen molar-refractivity contribution in [1.82, 2.24) is 0 Å². The van der Waals surface area contributed by atoms with Crippen molar-refractivity contribution in [2.45, 2.75) is 20.3 Å². The highest BCUT2D eigenvalue weighted by atomic mass is 28.2. The SMILES string of the molecule is CCOC(OCC)O[SiH2]COc1c(F)c(F)c(F)c(F)c1F. The van der Waals surface area contributed by atoms with Gasteiger partial charge >= 0.3 is 0 Å². The number of benzene rings is 1. The Hall–Kier alpha value is -1.23. The van der Waals surface area contributed by atoms with E-state index < -0.39 is 51.1 Å². The van der Waals surface area contributed by atoms with E-state index in [9.17, 15) is 22.0 Å². The van der Waals surface area contributed by atoms with Gasteiger partial charge < -0.3 is 18.6 Å². The van der Waals surface area contributed by atoms with Gasteiger partial charge in [-0.3, -0.25) is 0 Å². The second kappa shape index (κ2) is 9.03. The first-order valence-corrected chi connectivity index (χ1v) is 8.00. The zero-order chi connectivity index (χ0) is 16.7. The van der Waals surface area contributed by atoms with Gasteiger partial charge in [0.15, 0.2) is 5.75 Å². The van der Waals surface area contributed by atoms with Gasteiger partial charge in [-0.1, -0.05) is 0 Å². The Bertz CT molecular complexity index is 468. The molecule has 0 radical (unpaired) electrons. The van der Waals surface area contributed by atoms with Crippen LogP contribution < -0.4 is 4.74 Å². The highest BCUT2D eigenvalue weighted by Gasteiger charge is 2.27. The summed E-state index contributed by atoms with van der Waals surface area (Å²) in [6.45, 7) is 3.11. The van der Waals surface area contributed by atoms with E-state index in [1.807, 2.05) is 0 Å². The average Bonchev–Trinajstić information content (AvgIpc) is 2.50. The molecular weight excluding hydrogens is 331 g/mol. The third-order valence-electron chi connectivity index (χ3n) is 2.36. The molecule has 0 aliphatic carbocycles. The number of halogens is 5. The quantitative estimate of drug-likeness (QED) is 0.172. The summed E-state index contributed by atoms with van der Waals surface area (Å²) in [4.78, 5) is 0. The maximum absolute atomic E-state index is 13.3. The molecule has 0 amide bonds. The molecule has 1 aromatic carbocycles. The van der Waals surface area contributed by atoms with Crippen LogP contribution in [0.25, 0.3) is 0 Å². The van der Waals surface area contributed by atoms with Crippen molar-refractivity contribution in [3.05, 3.63) is 29.1 Å². The monoisotopic (exact) mass is 346 g/mol. The Morgan fingerprint density at radius 3 is 1.73 bits per heavy atom. The van der Waals surface area contributed by atoms with Crippen molar-refractivity contribution in [2.75, 3.05) is 19.4 Å². The van der Waals surface area contributed by atoms with E-state index in [1.54, 1.807) is 13.8 Å². The molecule has 0 unspecified atom stereocenters. The minimum atomic E-state index is -2.23. The lowest BCUT2D eigenvalue weighted by molar-refractivity contribution is -0.243. The lowest BCUT2D eigenvalue weighted by atomic mass is 10.3. The first-order chi connectivity index (χ1) is 10.4. The predicted octanol–water partition coefficient (Wildman–Crippen LogP) is 2.18. The lowest BCUT2D eigenvalue weighted by Crippen LogP contribution is -2.26. The summed E-state index contributed by atoms with van der Waals surface area (Å²) in [5.74, 6) is -11.7. The molecular formula is C12H15F5O4Si. The first-order valence-electron chi connectivity index (χ1n) is 6.43. The Morgan fingerprint density at radius 2 is 1.27 bits per heavy atom. The number of rotatable bonds is 9. The van der Waals surface area contributed by atoms with Crippen molar-refractivity contribution < 1.29 is 40.6 Å². The van der Waals surface area contributed by atoms with Gasteiger partial charge in [0.05, 0.1) is 6.23 Å². The van der Waals surface area contributed by atoms with Crippen LogP contribution in [-0.2, 0) is 13.9 Å². The van der Waals surface area contributed by atoms with Gasteiger partial charge in [0.1, 0.15) is 0 Å². The number of ether oxygens (including phenoxy) is 3. The summed E-state index contributed by atoms with van der Waals surface area (Å²) in [6.07, 6.45) is -0.324. The van der Waals surface area contributed by atoms with E-state index in [2.05, 4.69) is 4.74 Å². The largest absolute Gasteiger partial charge is 0.489 e. The third-order valence-corrected chi connectivity index (χ3v) is 3.24. The molecule has 22 heavy (non-hydrogen) atoms. The highest BCUT2D eigenvalue weighted by Crippen LogP contribution is 2.28. The molecule has 10 heteroatoms. The van der Waals surface area contributed by atoms with Crippen LogP contribution in [0, 0.1) is 29.1 Å².